The Morgan fingerprint density at radius 2 is 1.80 bits per heavy atom. The maximum absolute atomic E-state index is 11.4. The normalized spacial score (nSPS) is 25.6. The molecule has 1 heterocycles. The van der Waals surface area contributed by atoms with Gasteiger partial charge in [0.15, 0.2) is 5.96 Å². The third-order valence-electron chi connectivity index (χ3n) is 4.54. The molecule has 0 radical (unpaired) electrons. The van der Waals surface area contributed by atoms with Gasteiger partial charge in [-0.1, -0.05) is 13.8 Å². The van der Waals surface area contributed by atoms with Crippen LogP contribution in [0.5, 0.6) is 0 Å². The van der Waals surface area contributed by atoms with E-state index in [4.69, 9.17) is 4.99 Å². The van der Waals surface area contributed by atoms with Crippen molar-refractivity contribution in [3.8, 4) is 0 Å². The molecular weight excluding hydrogens is 252 g/mol. The van der Waals surface area contributed by atoms with Crippen molar-refractivity contribution in [2.45, 2.75) is 34.1 Å². The molecule has 1 aliphatic carbocycles. The Bertz CT molecular complexity index is 383. The van der Waals surface area contributed by atoms with E-state index in [1.165, 1.54) is 6.42 Å². The fourth-order valence-corrected chi connectivity index (χ4v) is 2.74. The molecule has 1 atom stereocenters. The summed E-state index contributed by atoms with van der Waals surface area (Å²) in [7, 11) is 0. The molecule has 2 rings (SSSR count). The second kappa shape index (κ2) is 6.02. The van der Waals surface area contributed by atoms with Crippen LogP contribution in [0.1, 0.15) is 34.1 Å². The molecule has 1 amide bonds. The van der Waals surface area contributed by atoms with Crippen LogP contribution in [0, 0.1) is 11.3 Å². The number of rotatable bonds is 3. The number of amides is 1. The number of carbonyl (C=O) groups is 1. The highest BCUT2D eigenvalue weighted by molar-refractivity contribution is 5.80. The SMILES string of the molecule is CCNC(=NCC1CC1(C)C)N1CCN(C(C)=O)CC1. The zero-order valence-electron chi connectivity index (χ0n) is 13.3. The minimum atomic E-state index is 0.173. The zero-order chi connectivity index (χ0) is 14.8. The number of guanidine groups is 1. The van der Waals surface area contributed by atoms with Gasteiger partial charge in [0.25, 0.3) is 0 Å². The lowest BCUT2D eigenvalue weighted by Crippen LogP contribution is -2.53. The smallest absolute Gasteiger partial charge is 0.219 e. The lowest BCUT2D eigenvalue weighted by atomic mass is 10.1. The van der Waals surface area contributed by atoms with Gasteiger partial charge in [0, 0.05) is 46.2 Å². The van der Waals surface area contributed by atoms with Gasteiger partial charge >= 0.3 is 0 Å². The second-order valence-corrected chi connectivity index (χ2v) is 6.58. The van der Waals surface area contributed by atoms with Crippen LogP contribution in [-0.4, -0.2) is 60.9 Å². The average molecular weight is 280 g/mol. The highest BCUT2D eigenvalue weighted by Crippen LogP contribution is 2.51. The zero-order valence-corrected chi connectivity index (χ0v) is 13.3. The summed E-state index contributed by atoms with van der Waals surface area (Å²) in [5.41, 5.74) is 0.480. The molecule has 114 valence electrons. The van der Waals surface area contributed by atoms with E-state index >= 15 is 0 Å². The van der Waals surface area contributed by atoms with Crippen LogP contribution in [0.3, 0.4) is 0 Å². The standard InChI is InChI=1S/C15H28N4O/c1-5-16-14(17-11-13-10-15(13,3)4)19-8-6-18(7-9-19)12(2)20/h13H,5-11H2,1-4H3,(H,16,17). The molecule has 1 unspecified atom stereocenters. The molecular formula is C15H28N4O. The summed E-state index contributed by atoms with van der Waals surface area (Å²) in [4.78, 5) is 20.3. The Kier molecular flexibility index (Phi) is 4.55. The van der Waals surface area contributed by atoms with Crippen LogP contribution in [-0.2, 0) is 4.79 Å². The minimum Gasteiger partial charge on any atom is -0.357 e. The molecule has 5 heteroatoms. The van der Waals surface area contributed by atoms with Crippen LogP contribution >= 0.6 is 0 Å². The largest absolute Gasteiger partial charge is 0.357 e. The highest BCUT2D eigenvalue weighted by atomic mass is 16.2. The Morgan fingerprint density at radius 1 is 1.25 bits per heavy atom. The van der Waals surface area contributed by atoms with Crippen molar-refractivity contribution < 1.29 is 4.79 Å². The van der Waals surface area contributed by atoms with E-state index in [-0.39, 0.29) is 5.91 Å². The quantitative estimate of drug-likeness (QED) is 0.623. The van der Waals surface area contributed by atoms with Crippen molar-refractivity contribution in [1.82, 2.24) is 15.1 Å². The number of nitrogens with zero attached hydrogens (tertiary/aromatic N) is 3. The van der Waals surface area contributed by atoms with Crippen molar-refractivity contribution in [2.75, 3.05) is 39.3 Å². The molecule has 1 N–H and O–H groups in total. The van der Waals surface area contributed by atoms with Crippen LogP contribution < -0.4 is 5.32 Å². The third kappa shape index (κ3) is 3.64. The van der Waals surface area contributed by atoms with Crippen LogP contribution in [0.15, 0.2) is 4.99 Å². The summed E-state index contributed by atoms with van der Waals surface area (Å²) in [6.07, 6.45) is 1.29. The van der Waals surface area contributed by atoms with Gasteiger partial charge in [-0.05, 0) is 24.7 Å². The molecule has 1 aliphatic heterocycles. The second-order valence-electron chi connectivity index (χ2n) is 6.58. The first-order valence-electron chi connectivity index (χ1n) is 7.73. The topological polar surface area (TPSA) is 47.9 Å². The number of carbonyl (C=O) groups excluding carboxylic acids is 1. The van der Waals surface area contributed by atoms with E-state index in [1.807, 2.05) is 4.90 Å². The monoisotopic (exact) mass is 280 g/mol. The molecule has 2 aliphatic rings. The van der Waals surface area contributed by atoms with Crippen molar-refractivity contribution in [1.29, 1.82) is 0 Å². The van der Waals surface area contributed by atoms with Gasteiger partial charge in [-0.2, -0.15) is 0 Å². The van der Waals surface area contributed by atoms with Gasteiger partial charge in [-0.3, -0.25) is 9.79 Å². The first-order valence-corrected chi connectivity index (χ1v) is 7.73. The molecule has 1 saturated carbocycles. The van der Waals surface area contributed by atoms with Crippen LogP contribution in [0.2, 0.25) is 0 Å². The highest BCUT2D eigenvalue weighted by Gasteiger charge is 2.45. The molecule has 0 spiro atoms. The number of hydrogen-bond donors (Lipinski definition) is 1. The maximum Gasteiger partial charge on any atom is 0.219 e. The van der Waals surface area contributed by atoms with Gasteiger partial charge in [0.05, 0.1) is 0 Å². The number of aliphatic imine (C=N–C) groups is 1. The number of piperazine rings is 1. The van der Waals surface area contributed by atoms with E-state index < -0.39 is 0 Å². The molecule has 0 bridgehead atoms. The first-order chi connectivity index (χ1) is 9.44. The summed E-state index contributed by atoms with van der Waals surface area (Å²) in [5.74, 6) is 1.92. The Labute approximate surface area is 122 Å². The number of nitrogens with one attached hydrogen (secondary N) is 1. The summed E-state index contributed by atoms with van der Waals surface area (Å²) in [6, 6.07) is 0. The molecule has 1 saturated heterocycles. The molecule has 0 aromatic carbocycles. The fraction of sp³-hybridized carbons (Fsp3) is 0.867. The summed E-state index contributed by atoms with van der Waals surface area (Å²) in [5, 5.41) is 3.38. The maximum atomic E-state index is 11.4. The number of hydrogen-bond acceptors (Lipinski definition) is 2. The lowest BCUT2D eigenvalue weighted by molar-refractivity contribution is -0.130. The summed E-state index contributed by atoms with van der Waals surface area (Å²) < 4.78 is 0. The Morgan fingerprint density at radius 3 is 2.25 bits per heavy atom. The van der Waals surface area contributed by atoms with Gasteiger partial charge in [-0.15, -0.1) is 0 Å². The van der Waals surface area contributed by atoms with Gasteiger partial charge in [-0.25, -0.2) is 0 Å². The predicted molar refractivity (Wildman–Crippen MR) is 81.7 cm³/mol. The lowest BCUT2D eigenvalue weighted by Gasteiger charge is -2.36. The molecule has 5 nitrogen and oxygen atoms in total. The third-order valence-corrected chi connectivity index (χ3v) is 4.54. The van der Waals surface area contributed by atoms with Crippen molar-refractivity contribution in [2.24, 2.45) is 16.3 Å². The van der Waals surface area contributed by atoms with E-state index in [0.29, 0.717) is 5.41 Å². The van der Waals surface area contributed by atoms with Gasteiger partial charge in [0.1, 0.15) is 0 Å². The first kappa shape index (κ1) is 15.1. The fourth-order valence-electron chi connectivity index (χ4n) is 2.74. The van der Waals surface area contributed by atoms with Crippen molar-refractivity contribution >= 4 is 11.9 Å². The summed E-state index contributed by atoms with van der Waals surface area (Å²) >= 11 is 0. The molecule has 2 fully saturated rings. The van der Waals surface area contributed by atoms with Crippen molar-refractivity contribution in [3.63, 3.8) is 0 Å². The van der Waals surface area contributed by atoms with E-state index in [9.17, 15) is 4.79 Å². The summed E-state index contributed by atoms with van der Waals surface area (Å²) in [6.45, 7) is 13.5. The van der Waals surface area contributed by atoms with Crippen LogP contribution in [0.4, 0.5) is 0 Å². The Balaban J connectivity index is 1.89. The predicted octanol–water partition coefficient (Wildman–Crippen LogP) is 1.16. The average Bonchev–Trinajstić information content (AvgIpc) is 3.02. The van der Waals surface area contributed by atoms with E-state index in [0.717, 1.165) is 51.1 Å². The molecule has 20 heavy (non-hydrogen) atoms. The molecule has 0 aromatic rings. The van der Waals surface area contributed by atoms with Gasteiger partial charge < -0.3 is 15.1 Å². The van der Waals surface area contributed by atoms with Crippen molar-refractivity contribution in [3.05, 3.63) is 0 Å². The van der Waals surface area contributed by atoms with Gasteiger partial charge in [0.2, 0.25) is 5.91 Å². The van der Waals surface area contributed by atoms with Crippen LogP contribution in [0.25, 0.3) is 0 Å². The Hall–Kier alpha value is -1.26. The van der Waals surface area contributed by atoms with E-state index in [2.05, 4.69) is 31.0 Å². The molecule has 0 aromatic heterocycles. The minimum absolute atomic E-state index is 0.173. The van der Waals surface area contributed by atoms with E-state index in [1.54, 1.807) is 6.92 Å².